The molecule has 0 aromatic heterocycles. The van der Waals surface area contributed by atoms with E-state index in [1.165, 1.54) is 0 Å². The summed E-state index contributed by atoms with van der Waals surface area (Å²) in [6, 6.07) is 11.7. The second kappa shape index (κ2) is 6.25. The van der Waals surface area contributed by atoms with Gasteiger partial charge in [-0.2, -0.15) is 0 Å². The Morgan fingerprint density at radius 3 is 1.30 bits per heavy atom. The Morgan fingerprint density at radius 1 is 0.700 bits per heavy atom. The fourth-order valence-corrected chi connectivity index (χ4v) is 2.99. The van der Waals surface area contributed by atoms with E-state index in [9.17, 15) is 4.89 Å². The summed E-state index contributed by atoms with van der Waals surface area (Å²) in [6.45, 7) is 7.80. The van der Waals surface area contributed by atoms with Crippen molar-refractivity contribution in [3.05, 3.63) is 58.7 Å². The van der Waals surface area contributed by atoms with E-state index < -0.39 is 8.60 Å². The molecule has 0 atom stereocenters. The third-order valence-corrected chi connectivity index (χ3v) is 3.83. The molecule has 1 N–H and O–H groups in total. The summed E-state index contributed by atoms with van der Waals surface area (Å²) in [5.74, 6) is 1.37. The number of benzene rings is 2. The molecule has 0 heterocycles. The maximum atomic E-state index is 10.1. The van der Waals surface area contributed by atoms with Crippen LogP contribution in [0.5, 0.6) is 11.5 Å². The Balaban J connectivity index is 2.15. The minimum absolute atomic E-state index is 0.687. The SMILES string of the molecule is Cc1cccc(C)c1OP(O)Oc1c(C)cccc1C. The van der Waals surface area contributed by atoms with E-state index in [-0.39, 0.29) is 0 Å². The van der Waals surface area contributed by atoms with Crippen molar-refractivity contribution in [2.75, 3.05) is 0 Å². The predicted molar refractivity (Wildman–Crippen MR) is 82.2 cm³/mol. The molecule has 20 heavy (non-hydrogen) atoms. The minimum atomic E-state index is -2.00. The van der Waals surface area contributed by atoms with E-state index in [0.717, 1.165) is 22.3 Å². The van der Waals surface area contributed by atoms with Crippen LogP contribution >= 0.6 is 8.60 Å². The van der Waals surface area contributed by atoms with Gasteiger partial charge in [0.1, 0.15) is 11.5 Å². The highest BCUT2D eigenvalue weighted by atomic mass is 31.2. The smallest absolute Gasteiger partial charge is 0.417 e. The first-order valence-electron chi connectivity index (χ1n) is 6.46. The normalized spacial score (nSPS) is 10.7. The maximum Gasteiger partial charge on any atom is 0.460 e. The standard InChI is InChI=1S/C16H19O3P/c1-11-7-5-8-12(2)15(11)18-20(17)19-16-13(3)9-6-10-14(16)4/h5-10,17H,1-4H3. The van der Waals surface area contributed by atoms with Gasteiger partial charge < -0.3 is 13.9 Å². The van der Waals surface area contributed by atoms with Crippen LogP contribution in [0.3, 0.4) is 0 Å². The van der Waals surface area contributed by atoms with Gasteiger partial charge in [0, 0.05) is 0 Å². The van der Waals surface area contributed by atoms with E-state index in [2.05, 4.69) is 0 Å². The van der Waals surface area contributed by atoms with E-state index in [1.807, 2.05) is 64.1 Å². The van der Waals surface area contributed by atoms with Gasteiger partial charge in [-0.15, -0.1) is 0 Å². The van der Waals surface area contributed by atoms with Crippen LogP contribution < -0.4 is 9.05 Å². The number of rotatable bonds is 4. The average molecular weight is 290 g/mol. The summed E-state index contributed by atoms with van der Waals surface area (Å²) in [7, 11) is -2.00. The highest BCUT2D eigenvalue weighted by molar-refractivity contribution is 7.41. The van der Waals surface area contributed by atoms with Crippen LogP contribution in [-0.2, 0) is 0 Å². The van der Waals surface area contributed by atoms with Crippen LogP contribution in [0.4, 0.5) is 0 Å². The Kier molecular flexibility index (Phi) is 4.64. The van der Waals surface area contributed by atoms with Crippen LogP contribution in [0.25, 0.3) is 0 Å². The molecule has 0 unspecified atom stereocenters. The highest BCUT2D eigenvalue weighted by Crippen LogP contribution is 2.41. The van der Waals surface area contributed by atoms with Gasteiger partial charge in [0.25, 0.3) is 0 Å². The van der Waals surface area contributed by atoms with E-state index in [1.54, 1.807) is 0 Å². The number of para-hydroxylation sites is 2. The molecule has 2 aromatic carbocycles. The fraction of sp³-hybridized carbons (Fsp3) is 0.250. The fourth-order valence-electron chi connectivity index (χ4n) is 2.06. The molecule has 3 nitrogen and oxygen atoms in total. The van der Waals surface area contributed by atoms with Gasteiger partial charge in [0.2, 0.25) is 0 Å². The number of hydrogen-bond donors (Lipinski definition) is 1. The van der Waals surface area contributed by atoms with E-state index in [0.29, 0.717) is 11.5 Å². The lowest BCUT2D eigenvalue weighted by Crippen LogP contribution is -1.99. The Morgan fingerprint density at radius 2 is 1.00 bits per heavy atom. The Labute approximate surface area is 121 Å². The lowest BCUT2D eigenvalue weighted by atomic mass is 10.1. The Hall–Kier alpha value is -1.57. The van der Waals surface area contributed by atoms with Crippen molar-refractivity contribution in [3.63, 3.8) is 0 Å². The molecule has 0 bridgehead atoms. The highest BCUT2D eigenvalue weighted by Gasteiger charge is 2.16. The second-order valence-corrected chi connectivity index (χ2v) is 5.70. The average Bonchev–Trinajstić information content (AvgIpc) is 2.39. The molecule has 2 rings (SSSR count). The van der Waals surface area contributed by atoms with Crippen LogP contribution in [0, 0.1) is 27.7 Å². The quantitative estimate of drug-likeness (QED) is 0.836. The molecule has 0 aliphatic carbocycles. The summed E-state index contributed by atoms with van der Waals surface area (Å²) >= 11 is 0. The zero-order chi connectivity index (χ0) is 14.7. The van der Waals surface area contributed by atoms with Crippen molar-refractivity contribution < 1.29 is 13.9 Å². The molecule has 4 heteroatoms. The number of hydrogen-bond acceptors (Lipinski definition) is 3. The zero-order valence-electron chi connectivity index (χ0n) is 12.2. The van der Waals surface area contributed by atoms with E-state index in [4.69, 9.17) is 9.05 Å². The minimum Gasteiger partial charge on any atom is -0.417 e. The summed E-state index contributed by atoms with van der Waals surface area (Å²) in [5, 5.41) is 0. The zero-order valence-corrected chi connectivity index (χ0v) is 13.1. The van der Waals surface area contributed by atoms with Crippen molar-refractivity contribution in [2.24, 2.45) is 0 Å². The molecular weight excluding hydrogens is 271 g/mol. The maximum absolute atomic E-state index is 10.1. The van der Waals surface area contributed by atoms with Crippen molar-refractivity contribution in [2.45, 2.75) is 27.7 Å². The van der Waals surface area contributed by atoms with Gasteiger partial charge in [0.05, 0.1) is 0 Å². The molecule has 0 spiro atoms. The molecule has 0 aliphatic heterocycles. The van der Waals surface area contributed by atoms with Crippen molar-refractivity contribution in [3.8, 4) is 11.5 Å². The van der Waals surface area contributed by atoms with Gasteiger partial charge in [-0.05, 0) is 49.9 Å². The molecular formula is C16H19O3P. The molecule has 0 amide bonds. The van der Waals surface area contributed by atoms with Crippen LogP contribution in [0.15, 0.2) is 36.4 Å². The molecule has 0 radical (unpaired) electrons. The van der Waals surface area contributed by atoms with Crippen LogP contribution in [-0.4, -0.2) is 4.89 Å². The molecule has 0 saturated heterocycles. The topological polar surface area (TPSA) is 38.7 Å². The van der Waals surface area contributed by atoms with Crippen LogP contribution in [0.2, 0.25) is 0 Å². The third kappa shape index (κ3) is 3.30. The summed E-state index contributed by atoms with van der Waals surface area (Å²) in [5.41, 5.74) is 3.93. The molecule has 0 saturated carbocycles. The van der Waals surface area contributed by atoms with Crippen molar-refractivity contribution in [1.29, 1.82) is 0 Å². The molecule has 0 fully saturated rings. The summed E-state index contributed by atoms with van der Waals surface area (Å²) < 4.78 is 11.2. The number of aryl methyl sites for hydroxylation is 4. The van der Waals surface area contributed by atoms with Crippen molar-refractivity contribution in [1.82, 2.24) is 0 Å². The first-order chi connectivity index (χ1) is 9.49. The first kappa shape index (κ1) is 14.8. The summed E-state index contributed by atoms with van der Waals surface area (Å²) in [6.07, 6.45) is 0. The second-order valence-electron chi connectivity index (χ2n) is 4.86. The monoisotopic (exact) mass is 290 g/mol. The Bertz CT molecular complexity index is 517. The van der Waals surface area contributed by atoms with Gasteiger partial charge in [0.15, 0.2) is 0 Å². The molecule has 0 aliphatic rings. The lowest BCUT2D eigenvalue weighted by Gasteiger charge is -2.17. The van der Waals surface area contributed by atoms with Gasteiger partial charge in [-0.25, -0.2) is 0 Å². The van der Waals surface area contributed by atoms with Gasteiger partial charge in [-0.1, -0.05) is 36.4 Å². The van der Waals surface area contributed by atoms with Gasteiger partial charge in [-0.3, -0.25) is 0 Å². The first-order valence-corrected chi connectivity index (χ1v) is 7.59. The van der Waals surface area contributed by atoms with Crippen LogP contribution in [0.1, 0.15) is 22.3 Å². The van der Waals surface area contributed by atoms with Crippen molar-refractivity contribution >= 4 is 8.60 Å². The third-order valence-electron chi connectivity index (χ3n) is 3.16. The summed E-state index contributed by atoms with van der Waals surface area (Å²) in [4.78, 5) is 10.1. The molecule has 106 valence electrons. The van der Waals surface area contributed by atoms with Gasteiger partial charge >= 0.3 is 8.60 Å². The van der Waals surface area contributed by atoms with E-state index >= 15 is 0 Å². The lowest BCUT2D eigenvalue weighted by molar-refractivity contribution is 0.377. The largest absolute Gasteiger partial charge is 0.460 e. The molecule has 2 aromatic rings. The predicted octanol–water partition coefficient (Wildman–Crippen LogP) is 4.60.